The van der Waals surface area contributed by atoms with Crippen molar-refractivity contribution in [3.05, 3.63) is 82.9 Å². The zero-order valence-corrected chi connectivity index (χ0v) is 28.4. The van der Waals surface area contributed by atoms with E-state index in [-0.39, 0.29) is 7.25 Å². The fourth-order valence-corrected chi connectivity index (χ4v) is 31.0. The monoisotopic (exact) mass is 660 g/mol. The van der Waals surface area contributed by atoms with Gasteiger partial charge in [-0.05, 0) is 0 Å². The van der Waals surface area contributed by atoms with Crippen molar-refractivity contribution in [2.24, 2.45) is 22.7 Å². The first-order valence-corrected chi connectivity index (χ1v) is 27.4. The van der Waals surface area contributed by atoms with Crippen molar-refractivity contribution in [2.45, 2.75) is 104 Å². The summed E-state index contributed by atoms with van der Waals surface area (Å²) in [6.07, 6.45) is 25.4. The van der Waals surface area contributed by atoms with Gasteiger partial charge in [0, 0.05) is 0 Å². The van der Waals surface area contributed by atoms with E-state index in [0.29, 0.717) is 10.8 Å². The van der Waals surface area contributed by atoms with Gasteiger partial charge in [0.05, 0.1) is 0 Å². The van der Waals surface area contributed by atoms with E-state index >= 15 is 0 Å². The van der Waals surface area contributed by atoms with Crippen molar-refractivity contribution in [1.29, 1.82) is 0 Å². The first-order chi connectivity index (χ1) is 19.9. The van der Waals surface area contributed by atoms with Gasteiger partial charge in [-0.2, -0.15) is 0 Å². The molecule has 0 radical (unpaired) electrons. The number of halogens is 2. The second kappa shape index (κ2) is 9.14. The Morgan fingerprint density at radius 2 is 1.02 bits per heavy atom. The Morgan fingerprint density at radius 3 is 1.44 bits per heavy atom. The van der Waals surface area contributed by atoms with Gasteiger partial charge in [-0.3, -0.25) is 0 Å². The molecular weight excluding hydrogens is 619 g/mol. The van der Waals surface area contributed by atoms with Crippen LogP contribution in [0.4, 0.5) is 0 Å². The summed E-state index contributed by atoms with van der Waals surface area (Å²) in [5.41, 5.74) is 9.95. The van der Waals surface area contributed by atoms with Gasteiger partial charge in [-0.25, -0.2) is 0 Å². The molecule has 5 fully saturated rings. The van der Waals surface area contributed by atoms with Gasteiger partial charge in [-0.15, -0.1) is 0 Å². The number of fused-ring (bicyclic) bond motifs is 6. The van der Waals surface area contributed by atoms with Crippen LogP contribution in [0.5, 0.6) is 0 Å². The van der Waals surface area contributed by atoms with Crippen LogP contribution in [-0.2, 0) is 15.9 Å². The van der Waals surface area contributed by atoms with Gasteiger partial charge in [0.25, 0.3) is 0 Å². The van der Waals surface area contributed by atoms with Crippen molar-refractivity contribution in [2.75, 3.05) is 0 Å². The van der Waals surface area contributed by atoms with Crippen LogP contribution in [0.15, 0.2) is 60.7 Å². The minimum absolute atomic E-state index is 0.180. The Kier molecular flexibility index (Phi) is 5.94. The summed E-state index contributed by atoms with van der Waals surface area (Å²) >= 11 is -4.83. The molecule has 214 valence electrons. The molecule has 7 aliphatic rings. The molecule has 2 atom stereocenters. The summed E-state index contributed by atoms with van der Waals surface area (Å²) in [7, 11) is 17.5. The van der Waals surface area contributed by atoms with Gasteiger partial charge in [-0.1, -0.05) is 0 Å². The van der Waals surface area contributed by atoms with Gasteiger partial charge in [0.2, 0.25) is 0 Å². The number of benzene rings is 2. The SMILES string of the molecule is [Cl][Zr]([Cl])(=[C]1CCCCC1)([CH]1C=C(C23CCC(CC2)C3)c2ccccc21)[CH]1C=C(C23CCC(CC2)C3)c2ccccc21. The van der Waals surface area contributed by atoms with E-state index < -0.39 is 15.9 Å². The maximum absolute atomic E-state index is 8.73. The predicted octanol–water partition coefficient (Wildman–Crippen LogP) is 11.6. The first kappa shape index (κ1) is 26.6. The zero-order valence-electron chi connectivity index (χ0n) is 24.4. The molecule has 9 rings (SSSR count). The molecule has 7 aliphatic carbocycles. The maximum atomic E-state index is 8.73. The third-order valence-corrected chi connectivity index (χ3v) is 35.0. The fourth-order valence-electron chi connectivity index (χ4n) is 11.8. The van der Waals surface area contributed by atoms with Crippen LogP contribution in [-0.4, -0.2) is 3.21 Å². The van der Waals surface area contributed by atoms with Crippen molar-refractivity contribution in [3.8, 4) is 0 Å². The molecule has 4 bridgehead atoms. The Balaban J connectivity index is 1.29. The van der Waals surface area contributed by atoms with Crippen LogP contribution in [0, 0.1) is 22.7 Å². The molecular formula is C38H44Cl2Zr. The third kappa shape index (κ3) is 3.59. The molecule has 0 saturated heterocycles. The second-order valence-corrected chi connectivity index (χ2v) is 36.7. The van der Waals surface area contributed by atoms with Gasteiger partial charge < -0.3 is 0 Å². The average molecular weight is 663 g/mol. The Hall–Kier alpha value is -0.747. The molecule has 0 heterocycles. The van der Waals surface area contributed by atoms with Gasteiger partial charge in [0.15, 0.2) is 0 Å². The van der Waals surface area contributed by atoms with Crippen LogP contribution >= 0.6 is 17.0 Å². The molecule has 0 spiro atoms. The summed E-state index contributed by atoms with van der Waals surface area (Å²) in [6, 6.07) is 18.8. The van der Waals surface area contributed by atoms with E-state index in [1.807, 2.05) is 0 Å². The predicted molar refractivity (Wildman–Crippen MR) is 172 cm³/mol. The Morgan fingerprint density at radius 1 is 0.585 bits per heavy atom. The molecule has 0 aromatic heterocycles. The van der Waals surface area contributed by atoms with E-state index in [1.54, 1.807) is 14.4 Å². The van der Waals surface area contributed by atoms with E-state index in [2.05, 4.69) is 60.7 Å². The zero-order chi connectivity index (χ0) is 27.5. The molecule has 0 N–H and O–H groups in total. The molecule has 0 nitrogen and oxygen atoms in total. The molecule has 0 aliphatic heterocycles. The normalized spacial score (nSPS) is 37.4. The van der Waals surface area contributed by atoms with Crippen LogP contribution in [0.3, 0.4) is 0 Å². The van der Waals surface area contributed by atoms with Crippen LogP contribution in [0.2, 0.25) is 0 Å². The van der Waals surface area contributed by atoms with Crippen LogP contribution in [0.25, 0.3) is 11.1 Å². The third-order valence-electron chi connectivity index (χ3n) is 13.7. The van der Waals surface area contributed by atoms with E-state index in [9.17, 15) is 0 Å². The first-order valence-electron chi connectivity index (χ1n) is 17.0. The minimum atomic E-state index is -4.83. The molecule has 2 aromatic rings. The molecule has 3 heteroatoms. The van der Waals surface area contributed by atoms with Crippen molar-refractivity contribution in [1.82, 2.24) is 0 Å². The molecule has 2 unspecified atom stereocenters. The second-order valence-electron chi connectivity index (χ2n) is 15.5. The number of allylic oxidation sites excluding steroid dienone is 4. The van der Waals surface area contributed by atoms with E-state index in [1.165, 1.54) is 106 Å². The molecule has 0 amide bonds. The topological polar surface area (TPSA) is 0 Å². The molecule has 5 saturated carbocycles. The summed E-state index contributed by atoms with van der Waals surface area (Å²) in [4.78, 5) is 0. The Bertz CT molecular complexity index is 1460. The number of hydrogen-bond acceptors (Lipinski definition) is 0. The Labute approximate surface area is 254 Å². The van der Waals surface area contributed by atoms with Gasteiger partial charge in [0.1, 0.15) is 0 Å². The quantitative estimate of drug-likeness (QED) is 0.306. The average Bonchev–Trinajstić information content (AvgIpc) is 3.86. The summed E-state index contributed by atoms with van der Waals surface area (Å²) < 4.78 is 1.97. The van der Waals surface area contributed by atoms with Crippen molar-refractivity contribution in [3.63, 3.8) is 0 Å². The summed E-state index contributed by atoms with van der Waals surface area (Å²) in [5.74, 6) is 1.86. The molecule has 41 heavy (non-hydrogen) atoms. The van der Waals surface area contributed by atoms with Crippen molar-refractivity contribution < 1.29 is 15.9 Å². The van der Waals surface area contributed by atoms with Crippen LogP contribution < -0.4 is 0 Å². The van der Waals surface area contributed by atoms with E-state index in [4.69, 9.17) is 17.0 Å². The standard InChI is InChI=1S/2C16H17.C6H10.2ClH.Zr/c2*1-2-4-14-13(3-1)5-6-15(14)16-9-7-12(11-16)8-10-16;1-2-4-6-5-3-1;;;/h2*1-6,12H,7-11H2;1-5H2;2*1H;/q;;;;;+2/p-2. The number of rotatable bonds is 4. The van der Waals surface area contributed by atoms with E-state index in [0.717, 1.165) is 24.7 Å². The number of hydrogen-bond donors (Lipinski definition) is 0. The summed E-state index contributed by atoms with van der Waals surface area (Å²) in [6.45, 7) is 0. The summed E-state index contributed by atoms with van der Waals surface area (Å²) in [5, 5.41) is 0. The van der Waals surface area contributed by atoms with Crippen molar-refractivity contribution >= 4 is 31.4 Å². The molecule has 2 aromatic carbocycles. The van der Waals surface area contributed by atoms with Crippen LogP contribution in [0.1, 0.15) is 126 Å². The fraction of sp³-hybridized carbons (Fsp3) is 0.553. The van der Waals surface area contributed by atoms with Gasteiger partial charge >= 0.3 is 256 Å².